The highest BCUT2D eigenvalue weighted by atomic mass is 35.5. The van der Waals surface area contributed by atoms with Gasteiger partial charge in [-0.3, -0.25) is 14.5 Å². The third kappa shape index (κ3) is 4.36. The average Bonchev–Trinajstić information content (AvgIpc) is 3.00. The van der Waals surface area contributed by atoms with Crippen LogP contribution in [0.15, 0.2) is 82.6 Å². The Bertz CT molecular complexity index is 1180. The van der Waals surface area contributed by atoms with Gasteiger partial charge in [0.2, 0.25) is 0 Å². The first-order valence-corrected chi connectivity index (χ1v) is 10.6. The molecule has 0 bridgehead atoms. The van der Waals surface area contributed by atoms with Gasteiger partial charge in [0, 0.05) is 15.5 Å². The van der Waals surface area contributed by atoms with Gasteiger partial charge in [0.05, 0.1) is 24.1 Å². The van der Waals surface area contributed by atoms with Crippen LogP contribution in [-0.4, -0.2) is 23.8 Å². The molecule has 4 nitrogen and oxygen atoms in total. The van der Waals surface area contributed by atoms with E-state index in [-0.39, 0.29) is 17.0 Å². The normalized spacial score (nSPS) is 13.8. The maximum absolute atomic E-state index is 13.5. The van der Waals surface area contributed by atoms with Crippen LogP contribution in [0.25, 0.3) is 5.57 Å². The van der Waals surface area contributed by atoms with Crippen molar-refractivity contribution in [2.24, 2.45) is 0 Å². The molecule has 0 spiro atoms. The molecule has 0 fully saturated rings. The minimum atomic E-state index is -0.432. The molecule has 0 aliphatic carbocycles. The molecule has 0 unspecified atom stereocenters. The zero-order valence-corrected chi connectivity index (χ0v) is 18.0. The molecule has 0 aromatic heterocycles. The lowest BCUT2D eigenvalue weighted by molar-refractivity contribution is -0.137. The van der Waals surface area contributed by atoms with Crippen LogP contribution in [0.3, 0.4) is 0 Å². The zero-order valence-electron chi connectivity index (χ0n) is 16.5. The third-order valence-corrected chi connectivity index (χ3v) is 6.16. The van der Waals surface area contributed by atoms with Crippen molar-refractivity contribution in [1.82, 2.24) is 4.90 Å². The van der Waals surface area contributed by atoms with Crippen LogP contribution in [-0.2, 0) is 16.1 Å². The fourth-order valence-electron chi connectivity index (χ4n) is 3.29. The van der Waals surface area contributed by atoms with Gasteiger partial charge in [0.1, 0.15) is 11.6 Å². The van der Waals surface area contributed by atoms with Crippen molar-refractivity contribution in [3.05, 3.63) is 99.7 Å². The molecule has 0 N–H and O–H groups in total. The smallest absolute Gasteiger partial charge is 0.268 e. The van der Waals surface area contributed by atoms with E-state index in [1.165, 1.54) is 48.0 Å². The van der Waals surface area contributed by atoms with E-state index in [1.807, 2.05) is 12.1 Å². The number of carbonyl (C=O) groups excluding carboxylic acids is 2. The third-order valence-electron chi connectivity index (χ3n) is 4.81. The molecule has 31 heavy (non-hydrogen) atoms. The second-order valence-electron chi connectivity index (χ2n) is 6.78. The Morgan fingerprint density at radius 1 is 0.935 bits per heavy atom. The number of benzene rings is 3. The van der Waals surface area contributed by atoms with Crippen LogP contribution < -0.4 is 4.74 Å². The monoisotopic (exact) mass is 453 g/mol. The molecule has 7 heteroatoms. The molecule has 4 rings (SSSR count). The number of imide groups is 1. The molecule has 0 saturated heterocycles. The first-order valence-electron chi connectivity index (χ1n) is 9.39. The van der Waals surface area contributed by atoms with Crippen LogP contribution >= 0.6 is 23.4 Å². The minimum absolute atomic E-state index is 0.0665. The molecule has 1 aliphatic rings. The van der Waals surface area contributed by atoms with Crippen molar-refractivity contribution in [1.29, 1.82) is 0 Å². The zero-order chi connectivity index (χ0) is 22.0. The summed E-state index contributed by atoms with van der Waals surface area (Å²) in [5, 5.41) is 0.573. The first-order chi connectivity index (χ1) is 15.0. The molecule has 1 heterocycles. The molecule has 3 aromatic rings. The quantitative estimate of drug-likeness (QED) is 0.458. The maximum Gasteiger partial charge on any atom is 0.268 e. The number of halogens is 2. The SMILES string of the molecule is COc1ccccc1CN1C(=O)C(Sc2ccc(Cl)cc2)=C(c2ccc(F)cc2)C1=O. The summed E-state index contributed by atoms with van der Waals surface area (Å²) in [7, 11) is 1.54. The Morgan fingerprint density at radius 2 is 1.61 bits per heavy atom. The van der Waals surface area contributed by atoms with E-state index in [0.29, 0.717) is 21.9 Å². The Morgan fingerprint density at radius 3 is 2.29 bits per heavy atom. The van der Waals surface area contributed by atoms with Gasteiger partial charge >= 0.3 is 0 Å². The Labute approximate surface area is 188 Å². The molecule has 1 aliphatic heterocycles. The number of para-hydroxylation sites is 1. The topological polar surface area (TPSA) is 46.6 Å². The summed E-state index contributed by atoms with van der Waals surface area (Å²) < 4.78 is 18.8. The molecule has 2 amide bonds. The number of ether oxygens (including phenoxy) is 1. The molecule has 156 valence electrons. The lowest BCUT2D eigenvalue weighted by Gasteiger charge is -2.17. The fraction of sp³-hybridized carbons (Fsp3) is 0.0833. The average molecular weight is 454 g/mol. The summed E-state index contributed by atoms with van der Waals surface area (Å²) in [5.41, 5.74) is 1.45. The van der Waals surface area contributed by atoms with Gasteiger partial charge in [-0.1, -0.05) is 53.7 Å². The van der Waals surface area contributed by atoms with Gasteiger partial charge in [-0.2, -0.15) is 0 Å². The predicted molar refractivity (Wildman–Crippen MR) is 119 cm³/mol. The lowest BCUT2D eigenvalue weighted by Crippen LogP contribution is -2.31. The van der Waals surface area contributed by atoms with Crippen molar-refractivity contribution < 1.29 is 18.7 Å². The van der Waals surface area contributed by atoms with Gasteiger partial charge in [-0.25, -0.2) is 4.39 Å². The van der Waals surface area contributed by atoms with E-state index in [4.69, 9.17) is 16.3 Å². The van der Waals surface area contributed by atoms with Crippen LogP contribution in [0.4, 0.5) is 4.39 Å². The van der Waals surface area contributed by atoms with E-state index in [2.05, 4.69) is 0 Å². The van der Waals surface area contributed by atoms with Crippen molar-refractivity contribution in [3.63, 3.8) is 0 Å². The van der Waals surface area contributed by atoms with Crippen LogP contribution in [0.5, 0.6) is 5.75 Å². The van der Waals surface area contributed by atoms with E-state index in [1.54, 1.807) is 36.4 Å². The van der Waals surface area contributed by atoms with Crippen molar-refractivity contribution >= 4 is 40.8 Å². The van der Waals surface area contributed by atoms with E-state index < -0.39 is 17.6 Å². The van der Waals surface area contributed by atoms with Crippen molar-refractivity contribution in [2.45, 2.75) is 11.4 Å². The van der Waals surface area contributed by atoms with Gasteiger partial charge in [0.15, 0.2) is 0 Å². The number of hydrogen-bond donors (Lipinski definition) is 0. The molecule has 3 aromatic carbocycles. The number of nitrogens with zero attached hydrogens (tertiary/aromatic N) is 1. The number of methoxy groups -OCH3 is 1. The van der Waals surface area contributed by atoms with Crippen molar-refractivity contribution in [2.75, 3.05) is 7.11 Å². The number of amides is 2. The number of carbonyl (C=O) groups is 2. The van der Waals surface area contributed by atoms with E-state index in [0.717, 1.165) is 4.90 Å². The Balaban J connectivity index is 1.74. The van der Waals surface area contributed by atoms with Crippen LogP contribution in [0.2, 0.25) is 5.02 Å². The molecule has 0 atom stereocenters. The van der Waals surface area contributed by atoms with Gasteiger partial charge in [0.25, 0.3) is 11.8 Å². The van der Waals surface area contributed by atoms with Crippen LogP contribution in [0.1, 0.15) is 11.1 Å². The standard InChI is InChI=1S/C24H17ClFNO3S/c1-30-20-5-3-2-4-16(20)14-27-23(28)21(15-6-10-18(26)11-7-15)22(24(27)29)31-19-12-8-17(25)9-13-19/h2-13H,14H2,1H3. The fourth-order valence-corrected chi connectivity index (χ4v) is 4.43. The number of rotatable bonds is 6. The minimum Gasteiger partial charge on any atom is -0.496 e. The van der Waals surface area contributed by atoms with Gasteiger partial charge in [-0.05, 0) is 48.0 Å². The highest BCUT2D eigenvalue weighted by molar-refractivity contribution is 8.04. The predicted octanol–water partition coefficient (Wildman–Crippen LogP) is 5.56. The first kappa shape index (κ1) is 21.2. The van der Waals surface area contributed by atoms with E-state index >= 15 is 0 Å². The number of thioether (sulfide) groups is 1. The summed E-state index contributed by atoms with van der Waals surface area (Å²) in [6, 6.07) is 19.8. The molecular weight excluding hydrogens is 437 g/mol. The van der Waals surface area contributed by atoms with Gasteiger partial charge in [-0.15, -0.1) is 0 Å². The Hall–Kier alpha value is -3.09. The van der Waals surface area contributed by atoms with Gasteiger partial charge < -0.3 is 4.74 Å². The molecule has 0 saturated carbocycles. The Kier molecular flexibility index (Phi) is 6.11. The second kappa shape index (κ2) is 8.96. The highest BCUT2D eigenvalue weighted by Crippen LogP contribution is 2.40. The molecular formula is C24H17ClFNO3S. The van der Waals surface area contributed by atoms with E-state index in [9.17, 15) is 14.0 Å². The lowest BCUT2D eigenvalue weighted by atomic mass is 10.1. The molecule has 0 radical (unpaired) electrons. The summed E-state index contributed by atoms with van der Waals surface area (Å²) in [6.07, 6.45) is 0. The van der Waals surface area contributed by atoms with Crippen molar-refractivity contribution in [3.8, 4) is 5.75 Å². The largest absolute Gasteiger partial charge is 0.496 e. The maximum atomic E-state index is 13.5. The van der Waals surface area contributed by atoms with Crippen LogP contribution in [0, 0.1) is 5.82 Å². The summed E-state index contributed by atoms with van der Waals surface area (Å²) in [5.74, 6) is -0.668. The highest BCUT2D eigenvalue weighted by Gasteiger charge is 2.39. The number of hydrogen-bond acceptors (Lipinski definition) is 4. The summed E-state index contributed by atoms with van der Waals surface area (Å²) >= 11 is 7.15. The second-order valence-corrected chi connectivity index (χ2v) is 8.30. The summed E-state index contributed by atoms with van der Waals surface area (Å²) in [6.45, 7) is 0.0665. The summed E-state index contributed by atoms with van der Waals surface area (Å²) in [4.78, 5) is 28.9.